The first-order valence-corrected chi connectivity index (χ1v) is 9.74. The van der Waals surface area contributed by atoms with E-state index in [0.717, 1.165) is 62.7 Å². The number of aryl methyl sites for hydroxylation is 1. The Balaban J connectivity index is 1.95. The van der Waals surface area contributed by atoms with Crippen molar-refractivity contribution in [3.05, 3.63) is 30.1 Å². The Kier molecular flexibility index (Phi) is 8.41. The van der Waals surface area contributed by atoms with E-state index in [4.69, 9.17) is 4.99 Å². The summed E-state index contributed by atoms with van der Waals surface area (Å²) in [6.07, 6.45) is 3.04. The molecule has 0 radical (unpaired) electrons. The lowest BCUT2D eigenvalue weighted by atomic mass is 10.0. The standard InChI is InChI=1S/C20H33N5O/c1-4-8-17(11-14-26)15-23-20(21-5-2)22-12-13-25-16(3)24-18-9-6-7-10-19(18)25/h6-7,9-10,17,26H,4-5,8,11-15H2,1-3H3,(H2,21,22,23). The number of benzene rings is 1. The number of nitrogens with one attached hydrogen (secondary N) is 2. The third-order valence-corrected chi connectivity index (χ3v) is 4.56. The van der Waals surface area contributed by atoms with E-state index >= 15 is 0 Å². The molecule has 0 saturated carbocycles. The molecule has 2 rings (SSSR count). The summed E-state index contributed by atoms with van der Waals surface area (Å²) in [7, 11) is 0. The number of aliphatic hydroxyl groups is 1. The van der Waals surface area contributed by atoms with Gasteiger partial charge in [-0.1, -0.05) is 25.5 Å². The number of fused-ring (bicyclic) bond motifs is 1. The number of aromatic nitrogens is 2. The Bertz CT molecular complexity index is 689. The highest BCUT2D eigenvalue weighted by molar-refractivity contribution is 5.79. The van der Waals surface area contributed by atoms with Gasteiger partial charge >= 0.3 is 0 Å². The highest BCUT2D eigenvalue weighted by Gasteiger charge is 2.08. The summed E-state index contributed by atoms with van der Waals surface area (Å²) in [6, 6.07) is 8.23. The first-order valence-electron chi connectivity index (χ1n) is 9.74. The van der Waals surface area contributed by atoms with E-state index in [2.05, 4.69) is 40.1 Å². The van der Waals surface area contributed by atoms with Gasteiger partial charge in [-0.15, -0.1) is 0 Å². The highest BCUT2D eigenvalue weighted by atomic mass is 16.3. The summed E-state index contributed by atoms with van der Waals surface area (Å²) < 4.78 is 2.23. The molecule has 1 heterocycles. The van der Waals surface area contributed by atoms with Crippen LogP contribution in [0.5, 0.6) is 0 Å². The molecule has 1 atom stereocenters. The van der Waals surface area contributed by atoms with Gasteiger partial charge in [-0.05, 0) is 44.7 Å². The second-order valence-corrected chi connectivity index (χ2v) is 6.61. The lowest BCUT2D eigenvalue weighted by molar-refractivity contribution is 0.253. The number of nitrogens with zero attached hydrogens (tertiary/aromatic N) is 3. The van der Waals surface area contributed by atoms with Gasteiger partial charge in [0.1, 0.15) is 5.82 Å². The van der Waals surface area contributed by atoms with Gasteiger partial charge in [-0.3, -0.25) is 4.99 Å². The van der Waals surface area contributed by atoms with Gasteiger partial charge in [0.05, 0.1) is 11.0 Å². The molecule has 0 aliphatic carbocycles. The first kappa shape index (κ1) is 20.2. The Hall–Kier alpha value is -2.08. The van der Waals surface area contributed by atoms with E-state index in [0.29, 0.717) is 5.92 Å². The van der Waals surface area contributed by atoms with Crippen LogP contribution in [0.15, 0.2) is 29.3 Å². The van der Waals surface area contributed by atoms with Gasteiger partial charge in [0.2, 0.25) is 0 Å². The van der Waals surface area contributed by atoms with E-state index in [1.807, 2.05) is 25.1 Å². The largest absolute Gasteiger partial charge is 0.396 e. The molecular weight excluding hydrogens is 326 g/mol. The molecule has 26 heavy (non-hydrogen) atoms. The topological polar surface area (TPSA) is 74.5 Å². The van der Waals surface area contributed by atoms with Crippen molar-refractivity contribution < 1.29 is 5.11 Å². The molecular formula is C20H33N5O. The molecule has 0 amide bonds. The van der Waals surface area contributed by atoms with E-state index < -0.39 is 0 Å². The predicted octanol–water partition coefficient (Wildman–Crippen LogP) is 2.70. The fourth-order valence-corrected chi connectivity index (χ4v) is 3.24. The molecule has 0 bridgehead atoms. The molecule has 1 aromatic carbocycles. The first-order chi connectivity index (χ1) is 12.7. The van der Waals surface area contributed by atoms with Crippen LogP contribution >= 0.6 is 0 Å². The van der Waals surface area contributed by atoms with Crippen LogP contribution in [0, 0.1) is 12.8 Å². The van der Waals surface area contributed by atoms with E-state index in [-0.39, 0.29) is 6.61 Å². The van der Waals surface area contributed by atoms with Gasteiger partial charge in [-0.25, -0.2) is 4.98 Å². The zero-order valence-corrected chi connectivity index (χ0v) is 16.3. The number of para-hydroxylation sites is 2. The maximum Gasteiger partial charge on any atom is 0.191 e. The molecule has 0 fully saturated rings. The highest BCUT2D eigenvalue weighted by Crippen LogP contribution is 2.15. The molecule has 0 saturated heterocycles. The van der Waals surface area contributed by atoms with Crippen molar-refractivity contribution in [2.45, 2.75) is 46.6 Å². The SMILES string of the molecule is CCCC(CCO)CN=C(NCC)NCCn1c(C)nc2ccccc21. The molecule has 1 aromatic heterocycles. The lowest BCUT2D eigenvalue weighted by Crippen LogP contribution is -2.39. The predicted molar refractivity (Wildman–Crippen MR) is 109 cm³/mol. The Labute approximate surface area is 156 Å². The third kappa shape index (κ3) is 5.73. The molecule has 0 aliphatic heterocycles. The summed E-state index contributed by atoms with van der Waals surface area (Å²) in [5.41, 5.74) is 2.21. The van der Waals surface area contributed by atoms with Crippen LogP contribution in [0.4, 0.5) is 0 Å². The number of imidazole rings is 1. The van der Waals surface area contributed by atoms with Gasteiger partial charge in [0.25, 0.3) is 0 Å². The molecule has 144 valence electrons. The Morgan fingerprint density at radius 3 is 2.77 bits per heavy atom. The van der Waals surface area contributed by atoms with Gasteiger partial charge < -0.3 is 20.3 Å². The van der Waals surface area contributed by atoms with Crippen LogP contribution in [0.2, 0.25) is 0 Å². The summed E-state index contributed by atoms with van der Waals surface area (Å²) in [4.78, 5) is 9.33. The molecule has 3 N–H and O–H groups in total. The number of rotatable bonds is 10. The summed E-state index contributed by atoms with van der Waals surface area (Å²) >= 11 is 0. The summed E-state index contributed by atoms with van der Waals surface area (Å²) in [5, 5.41) is 15.9. The number of hydrogen-bond acceptors (Lipinski definition) is 3. The van der Waals surface area contributed by atoms with Crippen LogP contribution in [-0.2, 0) is 6.54 Å². The number of aliphatic hydroxyl groups excluding tert-OH is 1. The van der Waals surface area contributed by atoms with Crippen molar-refractivity contribution in [2.75, 3.05) is 26.2 Å². The summed E-state index contributed by atoms with van der Waals surface area (Å²) in [5.74, 6) is 2.31. The Morgan fingerprint density at radius 2 is 2.04 bits per heavy atom. The minimum absolute atomic E-state index is 0.233. The van der Waals surface area contributed by atoms with Crippen LogP contribution in [0.25, 0.3) is 11.0 Å². The third-order valence-electron chi connectivity index (χ3n) is 4.56. The lowest BCUT2D eigenvalue weighted by Gasteiger charge is -2.16. The molecule has 1 unspecified atom stereocenters. The van der Waals surface area contributed by atoms with Crippen LogP contribution in [-0.4, -0.2) is 46.9 Å². The van der Waals surface area contributed by atoms with Crippen molar-refractivity contribution in [3.63, 3.8) is 0 Å². The zero-order chi connectivity index (χ0) is 18.8. The molecule has 0 aliphatic rings. The van der Waals surface area contributed by atoms with E-state index in [1.165, 1.54) is 5.52 Å². The van der Waals surface area contributed by atoms with Crippen molar-refractivity contribution in [1.29, 1.82) is 0 Å². The second kappa shape index (κ2) is 10.8. The van der Waals surface area contributed by atoms with Crippen molar-refractivity contribution in [3.8, 4) is 0 Å². The number of hydrogen-bond donors (Lipinski definition) is 3. The van der Waals surface area contributed by atoms with Gasteiger partial charge in [-0.2, -0.15) is 0 Å². The zero-order valence-electron chi connectivity index (χ0n) is 16.3. The van der Waals surface area contributed by atoms with Crippen LogP contribution < -0.4 is 10.6 Å². The van der Waals surface area contributed by atoms with E-state index in [1.54, 1.807) is 0 Å². The minimum atomic E-state index is 0.233. The van der Waals surface area contributed by atoms with Crippen LogP contribution in [0.3, 0.4) is 0 Å². The normalized spacial score (nSPS) is 13.2. The van der Waals surface area contributed by atoms with Gasteiger partial charge in [0, 0.05) is 32.8 Å². The summed E-state index contributed by atoms with van der Waals surface area (Å²) in [6.45, 7) is 9.73. The quantitative estimate of drug-likeness (QED) is 0.450. The molecule has 0 spiro atoms. The van der Waals surface area contributed by atoms with Crippen molar-refractivity contribution in [1.82, 2.24) is 20.2 Å². The smallest absolute Gasteiger partial charge is 0.191 e. The van der Waals surface area contributed by atoms with Crippen LogP contribution in [0.1, 0.15) is 38.9 Å². The molecule has 2 aromatic rings. The van der Waals surface area contributed by atoms with Crippen molar-refractivity contribution >= 4 is 17.0 Å². The monoisotopic (exact) mass is 359 g/mol. The van der Waals surface area contributed by atoms with E-state index in [9.17, 15) is 5.11 Å². The fourth-order valence-electron chi connectivity index (χ4n) is 3.24. The molecule has 6 nitrogen and oxygen atoms in total. The number of guanidine groups is 1. The average Bonchev–Trinajstić information content (AvgIpc) is 2.95. The minimum Gasteiger partial charge on any atom is -0.396 e. The Morgan fingerprint density at radius 1 is 1.23 bits per heavy atom. The van der Waals surface area contributed by atoms with Crippen molar-refractivity contribution in [2.24, 2.45) is 10.9 Å². The average molecular weight is 360 g/mol. The fraction of sp³-hybridized carbons (Fsp3) is 0.600. The maximum atomic E-state index is 9.20. The molecule has 6 heteroatoms. The maximum absolute atomic E-state index is 9.20. The van der Waals surface area contributed by atoms with Gasteiger partial charge in [0.15, 0.2) is 5.96 Å². The number of aliphatic imine (C=N–C) groups is 1. The second-order valence-electron chi connectivity index (χ2n) is 6.61.